The molecule has 19 heavy (non-hydrogen) atoms. The average molecular weight is 262 g/mol. The monoisotopic (exact) mass is 262 g/mol. The number of ether oxygens (including phenoxy) is 1. The highest BCUT2D eigenvalue weighted by atomic mass is 16.5. The van der Waals surface area contributed by atoms with Crippen molar-refractivity contribution >= 4 is 5.84 Å². The van der Waals surface area contributed by atoms with Gasteiger partial charge in [0.2, 0.25) is 0 Å². The number of amidine groups is 1. The van der Waals surface area contributed by atoms with Gasteiger partial charge in [-0.3, -0.25) is 5.41 Å². The minimum absolute atomic E-state index is 0.111. The molecule has 0 atom stereocenters. The summed E-state index contributed by atoms with van der Waals surface area (Å²) in [6, 6.07) is 5.70. The first-order chi connectivity index (χ1) is 9.15. The minimum atomic E-state index is 0.111. The molecule has 0 heterocycles. The normalized spacial score (nSPS) is 10.4. The van der Waals surface area contributed by atoms with Crippen LogP contribution < -0.4 is 10.5 Å². The van der Waals surface area contributed by atoms with Crippen molar-refractivity contribution in [2.75, 3.05) is 6.61 Å². The van der Waals surface area contributed by atoms with Gasteiger partial charge in [0, 0.05) is 5.56 Å². The van der Waals surface area contributed by atoms with E-state index >= 15 is 0 Å². The molecule has 0 unspecified atom stereocenters. The highest BCUT2D eigenvalue weighted by Gasteiger charge is 2.03. The van der Waals surface area contributed by atoms with Gasteiger partial charge in [-0.15, -0.1) is 0 Å². The SMILES string of the molecule is CCCCCCCCOc1ccc(C(=N)N)c(C)c1. The van der Waals surface area contributed by atoms with Gasteiger partial charge in [0.25, 0.3) is 0 Å². The van der Waals surface area contributed by atoms with Gasteiger partial charge in [0.1, 0.15) is 11.6 Å². The van der Waals surface area contributed by atoms with Gasteiger partial charge in [-0.2, -0.15) is 0 Å². The molecule has 0 saturated heterocycles. The third-order valence-corrected chi connectivity index (χ3v) is 3.25. The summed E-state index contributed by atoms with van der Waals surface area (Å²) < 4.78 is 5.72. The molecule has 0 aliphatic carbocycles. The van der Waals surface area contributed by atoms with Crippen LogP contribution in [0.2, 0.25) is 0 Å². The Hall–Kier alpha value is -1.51. The van der Waals surface area contributed by atoms with Crippen molar-refractivity contribution in [3.05, 3.63) is 29.3 Å². The van der Waals surface area contributed by atoms with Crippen molar-refractivity contribution in [2.45, 2.75) is 52.4 Å². The van der Waals surface area contributed by atoms with Gasteiger partial charge in [-0.05, 0) is 37.1 Å². The average Bonchev–Trinajstić information content (AvgIpc) is 2.37. The first-order valence-electron chi connectivity index (χ1n) is 7.23. The number of benzene rings is 1. The van der Waals surface area contributed by atoms with Crippen molar-refractivity contribution in [3.63, 3.8) is 0 Å². The summed E-state index contributed by atoms with van der Waals surface area (Å²) in [5.74, 6) is 0.982. The largest absolute Gasteiger partial charge is 0.494 e. The zero-order chi connectivity index (χ0) is 14.1. The van der Waals surface area contributed by atoms with Crippen LogP contribution in [0.1, 0.15) is 56.6 Å². The maximum absolute atomic E-state index is 7.43. The molecular weight excluding hydrogens is 236 g/mol. The second-order valence-corrected chi connectivity index (χ2v) is 5.01. The van der Waals surface area contributed by atoms with Crippen LogP contribution in [0.5, 0.6) is 5.75 Å². The van der Waals surface area contributed by atoms with E-state index in [2.05, 4.69) is 6.92 Å². The lowest BCUT2D eigenvalue weighted by atomic mass is 10.1. The van der Waals surface area contributed by atoms with E-state index in [0.29, 0.717) is 0 Å². The van der Waals surface area contributed by atoms with Crippen molar-refractivity contribution in [1.29, 1.82) is 5.41 Å². The molecule has 0 aromatic heterocycles. The summed E-state index contributed by atoms with van der Waals surface area (Å²) in [7, 11) is 0. The Kier molecular flexibility index (Phi) is 7.01. The summed E-state index contributed by atoms with van der Waals surface area (Å²) >= 11 is 0. The van der Waals surface area contributed by atoms with Gasteiger partial charge in [-0.25, -0.2) is 0 Å². The quantitative estimate of drug-likeness (QED) is 0.401. The van der Waals surface area contributed by atoms with Crippen LogP contribution in [0.25, 0.3) is 0 Å². The third-order valence-electron chi connectivity index (χ3n) is 3.25. The minimum Gasteiger partial charge on any atom is -0.494 e. The molecule has 106 valence electrons. The van der Waals surface area contributed by atoms with Gasteiger partial charge < -0.3 is 10.5 Å². The molecule has 0 radical (unpaired) electrons. The Morgan fingerprint density at radius 2 is 1.84 bits per heavy atom. The van der Waals surface area contributed by atoms with Crippen LogP contribution in [0.4, 0.5) is 0 Å². The zero-order valence-corrected chi connectivity index (χ0v) is 12.2. The summed E-state index contributed by atoms with van der Waals surface area (Å²) in [4.78, 5) is 0. The second kappa shape index (κ2) is 8.57. The number of hydrogen-bond donors (Lipinski definition) is 2. The highest BCUT2D eigenvalue weighted by molar-refractivity contribution is 5.96. The lowest BCUT2D eigenvalue weighted by molar-refractivity contribution is 0.304. The predicted octanol–water partition coefficient (Wildman–Crippen LogP) is 4.02. The maximum Gasteiger partial charge on any atom is 0.123 e. The topological polar surface area (TPSA) is 59.1 Å². The van der Waals surface area contributed by atoms with Crippen LogP contribution >= 0.6 is 0 Å². The van der Waals surface area contributed by atoms with Gasteiger partial charge in [-0.1, -0.05) is 39.0 Å². The number of aryl methyl sites for hydroxylation is 1. The fourth-order valence-electron chi connectivity index (χ4n) is 2.10. The molecule has 0 spiro atoms. The fraction of sp³-hybridized carbons (Fsp3) is 0.562. The molecule has 0 bridgehead atoms. The van der Waals surface area contributed by atoms with E-state index in [4.69, 9.17) is 15.9 Å². The summed E-state index contributed by atoms with van der Waals surface area (Å²) in [5, 5.41) is 7.43. The number of nitrogens with two attached hydrogens (primary N) is 1. The van der Waals surface area contributed by atoms with E-state index in [-0.39, 0.29) is 5.84 Å². The van der Waals surface area contributed by atoms with Crippen molar-refractivity contribution in [1.82, 2.24) is 0 Å². The van der Waals surface area contributed by atoms with E-state index in [0.717, 1.165) is 29.9 Å². The lowest BCUT2D eigenvalue weighted by Crippen LogP contribution is -2.12. The summed E-state index contributed by atoms with van der Waals surface area (Å²) in [5.41, 5.74) is 7.26. The molecule has 0 saturated carbocycles. The number of nitrogen functional groups attached to an aromatic ring is 1. The molecule has 1 rings (SSSR count). The summed E-state index contributed by atoms with van der Waals surface area (Å²) in [6.45, 7) is 4.95. The van der Waals surface area contributed by atoms with Crippen molar-refractivity contribution < 1.29 is 4.74 Å². The van der Waals surface area contributed by atoms with Gasteiger partial charge in [0.15, 0.2) is 0 Å². The molecule has 0 fully saturated rings. The standard InChI is InChI=1S/C16H26N2O/c1-3-4-5-6-7-8-11-19-14-9-10-15(16(17)18)13(2)12-14/h9-10,12H,3-8,11H2,1-2H3,(H3,17,18). The number of hydrogen-bond acceptors (Lipinski definition) is 2. The third kappa shape index (κ3) is 5.77. The Balaban J connectivity index is 2.26. The summed E-state index contributed by atoms with van der Waals surface area (Å²) in [6.07, 6.45) is 7.62. The van der Waals surface area contributed by atoms with E-state index in [9.17, 15) is 0 Å². The van der Waals surface area contributed by atoms with Crippen LogP contribution in [0.3, 0.4) is 0 Å². The first kappa shape index (κ1) is 15.5. The van der Waals surface area contributed by atoms with Crippen LogP contribution in [0.15, 0.2) is 18.2 Å². The number of rotatable bonds is 9. The highest BCUT2D eigenvalue weighted by Crippen LogP contribution is 2.17. The predicted molar refractivity (Wildman–Crippen MR) is 81.1 cm³/mol. The molecular formula is C16H26N2O. The van der Waals surface area contributed by atoms with Crippen molar-refractivity contribution in [3.8, 4) is 5.75 Å². The molecule has 3 heteroatoms. The maximum atomic E-state index is 7.43. The fourth-order valence-corrected chi connectivity index (χ4v) is 2.10. The van der Waals surface area contributed by atoms with Crippen LogP contribution in [0, 0.1) is 12.3 Å². The lowest BCUT2D eigenvalue weighted by Gasteiger charge is -2.09. The number of unbranched alkanes of at least 4 members (excludes halogenated alkanes) is 5. The molecule has 1 aromatic carbocycles. The van der Waals surface area contributed by atoms with Gasteiger partial charge >= 0.3 is 0 Å². The Bertz CT molecular complexity index is 402. The first-order valence-corrected chi connectivity index (χ1v) is 7.23. The Morgan fingerprint density at radius 3 is 2.47 bits per heavy atom. The number of nitrogens with one attached hydrogen (secondary N) is 1. The molecule has 0 aliphatic heterocycles. The van der Waals surface area contributed by atoms with E-state index in [1.165, 1.54) is 32.1 Å². The van der Waals surface area contributed by atoms with Crippen molar-refractivity contribution in [2.24, 2.45) is 5.73 Å². The van der Waals surface area contributed by atoms with E-state index in [1.54, 1.807) is 0 Å². The Morgan fingerprint density at radius 1 is 1.16 bits per heavy atom. The zero-order valence-electron chi connectivity index (χ0n) is 12.2. The smallest absolute Gasteiger partial charge is 0.123 e. The molecule has 3 nitrogen and oxygen atoms in total. The molecule has 3 N–H and O–H groups in total. The van der Waals surface area contributed by atoms with E-state index < -0.39 is 0 Å². The van der Waals surface area contributed by atoms with Gasteiger partial charge in [0.05, 0.1) is 6.61 Å². The Labute approximate surface area is 116 Å². The van der Waals surface area contributed by atoms with Crippen LogP contribution in [-0.2, 0) is 0 Å². The molecule has 0 aliphatic rings. The molecule has 0 amide bonds. The second-order valence-electron chi connectivity index (χ2n) is 5.01. The van der Waals surface area contributed by atoms with Crippen LogP contribution in [-0.4, -0.2) is 12.4 Å². The van der Waals surface area contributed by atoms with E-state index in [1.807, 2.05) is 25.1 Å². The molecule has 1 aromatic rings.